The molecule has 0 unspecified atom stereocenters. The van der Waals surface area contributed by atoms with Crippen LogP contribution in [-0.4, -0.2) is 52.6 Å². The smallest absolute Gasteiger partial charge is 0.246 e. The van der Waals surface area contributed by atoms with E-state index in [1.54, 1.807) is 9.80 Å². The number of hydrogen-bond donors (Lipinski definition) is 0. The van der Waals surface area contributed by atoms with Gasteiger partial charge in [-0.1, -0.05) is 36.4 Å². The predicted molar refractivity (Wildman–Crippen MR) is 117 cm³/mol. The molecule has 2 aliphatic rings. The Morgan fingerprint density at radius 1 is 0.900 bits per heavy atom. The van der Waals surface area contributed by atoms with E-state index in [4.69, 9.17) is 0 Å². The van der Waals surface area contributed by atoms with Gasteiger partial charge in [-0.05, 0) is 55.5 Å². The summed E-state index contributed by atoms with van der Waals surface area (Å²) in [4.78, 5) is 43.3. The van der Waals surface area contributed by atoms with Crippen LogP contribution in [-0.2, 0) is 16.0 Å². The highest BCUT2D eigenvalue weighted by Gasteiger charge is 2.42. The van der Waals surface area contributed by atoms with Crippen LogP contribution in [0.5, 0.6) is 0 Å². The summed E-state index contributed by atoms with van der Waals surface area (Å²) >= 11 is 1.42. The normalized spacial score (nSPS) is 21.2. The average Bonchev–Trinajstić information content (AvgIpc) is 3.55. The van der Waals surface area contributed by atoms with Crippen LogP contribution >= 0.6 is 11.3 Å². The van der Waals surface area contributed by atoms with Gasteiger partial charge in [0.25, 0.3) is 0 Å². The van der Waals surface area contributed by atoms with Gasteiger partial charge in [-0.2, -0.15) is 0 Å². The lowest BCUT2D eigenvalue weighted by Crippen LogP contribution is -2.50. The molecule has 0 N–H and O–H groups in total. The summed E-state index contributed by atoms with van der Waals surface area (Å²) in [7, 11) is 0. The molecular weight excluding hydrogens is 396 g/mol. The van der Waals surface area contributed by atoms with Crippen LogP contribution in [0, 0.1) is 0 Å². The fourth-order valence-electron chi connectivity index (χ4n) is 4.63. The van der Waals surface area contributed by atoms with Crippen LogP contribution in [0.15, 0.2) is 47.8 Å². The SMILES string of the molecule is O=C(c1cccs1)[C@@H]1CCCN1C(=O)[C@@H]1CCCN1C(=O)CCCc1ccccc1. The molecule has 1 aromatic carbocycles. The van der Waals surface area contributed by atoms with Crippen LogP contribution in [0.2, 0.25) is 0 Å². The minimum Gasteiger partial charge on any atom is -0.331 e. The van der Waals surface area contributed by atoms with Gasteiger partial charge in [0.1, 0.15) is 6.04 Å². The summed E-state index contributed by atoms with van der Waals surface area (Å²) in [5.74, 6) is 0.0491. The second-order valence-electron chi connectivity index (χ2n) is 8.12. The van der Waals surface area contributed by atoms with E-state index in [0.717, 1.165) is 25.7 Å². The second kappa shape index (κ2) is 9.56. The summed E-state index contributed by atoms with van der Waals surface area (Å²) in [5, 5.41) is 1.89. The summed E-state index contributed by atoms with van der Waals surface area (Å²) in [6, 6.07) is 13.1. The monoisotopic (exact) mass is 424 g/mol. The highest BCUT2D eigenvalue weighted by Crippen LogP contribution is 2.28. The van der Waals surface area contributed by atoms with Crippen LogP contribution in [0.1, 0.15) is 53.8 Å². The summed E-state index contributed by atoms with van der Waals surface area (Å²) in [6.07, 6.45) is 5.19. The second-order valence-corrected chi connectivity index (χ2v) is 9.06. The van der Waals surface area contributed by atoms with Crippen molar-refractivity contribution in [3.63, 3.8) is 0 Å². The van der Waals surface area contributed by atoms with E-state index in [0.29, 0.717) is 37.2 Å². The topological polar surface area (TPSA) is 57.7 Å². The van der Waals surface area contributed by atoms with Gasteiger partial charge in [0.15, 0.2) is 5.78 Å². The van der Waals surface area contributed by atoms with Crippen molar-refractivity contribution in [3.05, 3.63) is 58.3 Å². The number of hydrogen-bond acceptors (Lipinski definition) is 4. The molecule has 0 saturated carbocycles. The standard InChI is InChI=1S/C24H28N2O3S/c27-22(14-4-10-18-8-2-1-3-9-18)25-15-6-12-20(25)24(29)26-16-5-11-19(26)23(28)21-13-7-17-30-21/h1-3,7-9,13,17,19-20H,4-6,10-12,14-16H2/t19-,20-/m0/s1. The molecule has 0 spiro atoms. The van der Waals surface area contributed by atoms with E-state index in [9.17, 15) is 14.4 Å². The zero-order valence-electron chi connectivity index (χ0n) is 17.2. The van der Waals surface area contributed by atoms with Gasteiger partial charge in [0.2, 0.25) is 11.8 Å². The third-order valence-electron chi connectivity index (χ3n) is 6.16. The first-order chi connectivity index (χ1) is 14.6. The van der Waals surface area contributed by atoms with Gasteiger partial charge in [-0.3, -0.25) is 14.4 Å². The van der Waals surface area contributed by atoms with Gasteiger partial charge in [-0.25, -0.2) is 0 Å². The molecule has 2 amide bonds. The average molecular weight is 425 g/mol. The van der Waals surface area contributed by atoms with Crippen LogP contribution < -0.4 is 0 Å². The molecule has 3 heterocycles. The molecule has 2 aliphatic heterocycles. The molecule has 4 rings (SSSR count). The zero-order valence-corrected chi connectivity index (χ0v) is 18.0. The van der Waals surface area contributed by atoms with E-state index < -0.39 is 6.04 Å². The van der Waals surface area contributed by atoms with Crippen molar-refractivity contribution in [1.29, 1.82) is 0 Å². The molecule has 0 aliphatic carbocycles. The lowest BCUT2D eigenvalue weighted by molar-refractivity contribution is -0.144. The molecule has 2 aromatic rings. The Morgan fingerprint density at radius 2 is 1.63 bits per heavy atom. The number of nitrogens with zero attached hydrogens (tertiary/aromatic N) is 2. The number of aryl methyl sites for hydroxylation is 1. The summed E-state index contributed by atoms with van der Waals surface area (Å²) in [5.41, 5.74) is 1.23. The van der Waals surface area contributed by atoms with Gasteiger partial charge in [-0.15, -0.1) is 11.3 Å². The molecule has 5 nitrogen and oxygen atoms in total. The molecular formula is C24H28N2O3S. The van der Waals surface area contributed by atoms with Gasteiger partial charge >= 0.3 is 0 Å². The van der Waals surface area contributed by atoms with Gasteiger partial charge in [0, 0.05) is 19.5 Å². The highest BCUT2D eigenvalue weighted by atomic mass is 32.1. The Kier molecular flexibility index (Phi) is 6.62. The first kappa shape index (κ1) is 20.8. The number of amides is 2. The molecule has 2 saturated heterocycles. The van der Waals surface area contributed by atoms with Crippen molar-refractivity contribution in [2.75, 3.05) is 13.1 Å². The predicted octanol–water partition coefficient (Wildman–Crippen LogP) is 3.94. The summed E-state index contributed by atoms with van der Waals surface area (Å²) in [6.45, 7) is 1.24. The Bertz CT molecular complexity index is 881. The fourth-order valence-corrected chi connectivity index (χ4v) is 5.34. The largest absolute Gasteiger partial charge is 0.331 e. The van der Waals surface area contributed by atoms with E-state index in [-0.39, 0.29) is 23.6 Å². The molecule has 30 heavy (non-hydrogen) atoms. The number of likely N-dealkylation sites (tertiary alicyclic amines) is 2. The van der Waals surface area contributed by atoms with E-state index >= 15 is 0 Å². The quantitative estimate of drug-likeness (QED) is 0.633. The first-order valence-corrected chi connectivity index (χ1v) is 11.7. The number of carbonyl (C=O) groups is 3. The van der Waals surface area contributed by atoms with Crippen LogP contribution in [0.3, 0.4) is 0 Å². The van der Waals surface area contributed by atoms with Gasteiger partial charge < -0.3 is 9.80 Å². The third kappa shape index (κ3) is 4.48. The minimum absolute atomic E-state index is 0.0367. The van der Waals surface area contributed by atoms with Crippen molar-refractivity contribution < 1.29 is 14.4 Å². The van der Waals surface area contributed by atoms with Crippen molar-refractivity contribution in [2.24, 2.45) is 0 Å². The van der Waals surface area contributed by atoms with E-state index in [2.05, 4.69) is 12.1 Å². The molecule has 0 radical (unpaired) electrons. The number of benzene rings is 1. The molecule has 2 atom stereocenters. The zero-order chi connectivity index (χ0) is 20.9. The maximum absolute atomic E-state index is 13.3. The van der Waals surface area contributed by atoms with Gasteiger partial charge in [0.05, 0.1) is 10.9 Å². The number of ketones is 1. The Morgan fingerprint density at radius 3 is 2.37 bits per heavy atom. The van der Waals surface area contributed by atoms with Crippen LogP contribution in [0.25, 0.3) is 0 Å². The van der Waals surface area contributed by atoms with Crippen molar-refractivity contribution in [1.82, 2.24) is 9.80 Å². The van der Waals surface area contributed by atoms with E-state index in [1.165, 1.54) is 16.9 Å². The molecule has 158 valence electrons. The summed E-state index contributed by atoms with van der Waals surface area (Å²) < 4.78 is 0. The maximum atomic E-state index is 13.3. The number of rotatable bonds is 7. The fraction of sp³-hybridized carbons (Fsp3) is 0.458. The Balaban J connectivity index is 1.36. The maximum Gasteiger partial charge on any atom is 0.246 e. The molecule has 6 heteroatoms. The van der Waals surface area contributed by atoms with Crippen molar-refractivity contribution >= 4 is 28.9 Å². The lowest BCUT2D eigenvalue weighted by atomic mass is 10.1. The molecule has 0 bridgehead atoms. The number of Topliss-reactive ketones (excluding diaryl/α,β-unsaturated/α-hetero) is 1. The number of carbonyl (C=O) groups excluding carboxylic acids is 3. The lowest BCUT2D eigenvalue weighted by Gasteiger charge is -2.31. The van der Waals surface area contributed by atoms with Crippen LogP contribution in [0.4, 0.5) is 0 Å². The third-order valence-corrected chi connectivity index (χ3v) is 7.04. The first-order valence-electron chi connectivity index (χ1n) is 10.9. The van der Waals surface area contributed by atoms with Crippen molar-refractivity contribution in [3.8, 4) is 0 Å². The minimum atomic E-state index is -0.411. The van der Waals surface area contributed by atoms with E-state index in [1.807, 2.05) is 35.7 Å². The Labute approximate surface area is 181 Å². The Hall–Kier alpha value is -2.47. The van der Waals surface area contributed by atoms with Crippen molar-refractivity contribution in [2.45, 2.75) is 57.0 Å². The molecule has 2 fully saturated rings. The number of thiophene rings is 1. The molecule has 1 aromatic heterocycles. The highest BCUT2D eigenvalue weighted by molar-refractivity contribution is 7.12.